The van der Waals surface area contributed by atoms with Crippen LogP contribution in [0, 0.1) is 0 Å². The van der Waals surface area contributed by atoms with E-state index in [1.165, 1.54) is 6.92 Å². The van der Waals surface area contributed by atoms with Gasteiger partial charge in [0.2, 0.25) is 5.91 Å². The van der Waals surface area contributed by atoms with Crippen LogP contribution in [0.25, 0.3) is 0 Å². The Balaban J connectivity index is 2.94. The molecule has 1 aromatic rings. The Bertz CT molecular complexity index is 512. The lowest BCUT2D eigenvalue weighted by molar-refractivity contribution is -0.114. The molecule has 0 atom stereocenters. The van der Waals surface area contributed by atoms with Gasteiger partial charge in [-0.05, 0) is 24.6 Å². The second-order valence-corrected chi connectivity index (χ2v) is 4.60. The average Bonchev–Trinajstić information content (AvgIpc) is 2.45. The molecule has 0 aliphatic heterocycles. The molecule has 0 aliphatic carbocycles. The standard InChI is InChI=1S/C16H22N2O3/c1-4-6-9-17-16(20)14-11-13(18-12(3)19)7-8-15(14)21-10-5-2/h5,7-8,11H,2,4,6,9-10H2,1,3H3,(H,17,20)(H,18,19). The summed E-state index contributed by atoms with van der Waals surface area (Å²) in [5.41, 5.74) is 0.966. The number of benzene rings is 1. The Hall–Kier alpha value is -2.30. The maximum Gasteiger partial charge on any atom is 0.255 e. The molecular weight excluding hydrogens is 268 g/mol. The lowest BCUT2D eigenvalue weighted by Crippen LogP contribution is -2.25. The van der Waals surface area contributed by atoms with Crippen LogP contribution >= 0.6 is 0 Å². The summed E-state index contributed by atoms with van der Waals surface area (Å²) >= 11 is 0. The molecule has 21 heavy (non-hydrogen) atoms. The van der Waals surface area contributed by atoms with Gasteiger partial charge in [-0.3, -0.25) is 9.59 Å². The lowest BCUT2D eigenvalue weighted by atomic mass is 10.1. The van der Waals surface area contributed by atoms with E-state index in [1.54, 1.807) is 24.3 Å². The minimum Gasteiger partial charge on any atom is -0.489 e. The van der Waals surface area contributed by atoms with Gasteiger partial charge in [0.05, 0.1) is 5.56 Å². The van der Waals surface area contributed by atoms with Gasteiger partial charge < -0.3 is 15.4 Å². The first-order chi connectivity index (χ1) is 10.1. The molecule has 5 heteroatoms. The van der Waals surface area contributed by atoms with E-state index in [-0.39, 0.29) is 11.8 Å². The van der Waals surface area contributed by atoms with E-state index >= 15 is 0 Å². The Morgan fingerprint density at radius 1 is 1.38 bits per heavy atom. The summed E-state index contributed by atoms with van der Waals surface area (Å²) in [5, 5.41) is 5.50. The number of carbonyl (C=O) groups excluding carboxylic acids is 2. The monoisotopic (exact) mass is 290 g/mol. The Kier molecular flexibility index (Phi) is 7.01. The zero-order valence-corrected chi connectivity index (χ0v) is 12.6. The number of rotatable bonds is 8. The minimum absolute atomic E-state index is 0.188. The van der Waals surface area contributed by atoms with Gasteiger partial charge in [-0.2, -0.15) is 0 Å². The maximum absolute atomic E-state index is 12.2. The van der Waals surface area contributed by atoms with Crippen molar-refractivity contribution in [2.45, 2.75) is 26.7 Å². The predicted molar refractivity (Wildman–Crippen MR) is 83.7 cm³/mol. The third-order valence-electron chi connectivity index (χ3n) is 2.72. The number of unbranched alkanes of at least 4 members (excludes halogenated alkanes) is 1. The van der Waals surface area contributed by atoms with Gasteiger partial charge in [0.25, 0.3) is 5.91 Å². The van der Waals surface area contributed by atoms with Crippen molar-refractivity contribution in [3.63, 3.8) is 0 Å². The highest BCUT2D eigenvalue weighted by atomic mass is 16.5. The maximum atomic E-state index is 12.2. The van der Waals surface area contributed by atoms with E-state index in [2.05, 4.69) is 24.1 Å². The minimum atomic E-state index is -0.213. The van der Waals surface area contributed by atoms with E-state index in [9.17, 15) is 9.59 Å². The molecule has 2 amide bonds. The number of hydrogen-bond donors (Lipinski definition) is 2. The number of hydrogen-bond acceptors (Lipinski definition) is 3. The fraction of sp³-hybridized carbons (Fsp3) is 0.375. The predicted octanol–water partition coefficient (Wildman–Crippen LogP) is 2.74. The molecule has 0 heterocycles. The molecule has 0 bridgehead atoms. The Labute approximate surface area is 125 Å². The molecule has 114 valence electrons. The number of amides is 2. The summed E-state index contributed by atoms with van der Waals surface area (Å²) in [5.74, 6) is 0.0693. The van der Waals surface area contributed by atoms with Crippen molar-refractivity contribution in [2.24, 2.45) is 0 Å². The van der Waals surface area contributed by atoms with E-state index in [0.29, 0.717) is 30.2 Å². The quantitative estimate of drug-likeness (QED) is 0.571. The van der Waals surface area contributed by atoms with Crippen molar-refractivity contribution < 1.29 is 14.3 Å². The van der Waals surface area contributed by atoms with E-state index in [1.807, 2.05) is 0 Å². The van der Waals surface area contributed by atoms with Crippen LogP contribution in [0.15, 0.2) is 30.9 Å². The molecular formula is C16H22N2O3. The SMILES string of the molecule is C=CCOc1ccc(NC(C)=O)cc1C(=O)NCCCC. The fourth-order valence-corrected chi connectivity index (χ4v) is 1.74. The van der Waals surface area contributed by atoms with Gasteiger partial charge in [0.15, 0.2) is 0 Å². The molecule has 0 saturated carbocycles. The summed E-state index contributed by atoms with van der Waals surface area (Å²) < 4.78 is 5.48. The van der Waals surface area contributed by atoms with Crippen molar-refractivity contribution in [2.75, 3.05) is 18.5 Å². The highest BCUT2D eigenvalue weighted by Gasteiger charge is 2.13. The molecule has 0 aliphatic rings. The Morgan fingerprint density at radius 2 is 2.14 bits per heavy atom. The van der Waals surface area contributed by atoms with Crippen molar-refractivity contribution in [1.82, 2.24) is 5.32 Å². The fourth-order valence-electron chi connectivity index (χ4n) is 1.74. The van der Waals surface area contributed by atoms with Crippen molar-refractivity contribution in [1.29, 1.82) is 0 Å². The number of ether oxygens (including phenoxy) is 1. The van der Waals surface area contributed by atoms with Gasteiger partial charge in [-0.25, -0.2) is 0 Å². The summed E-state index contributed by atoms with van der Waals surface area (Å²) in [6.07, 6.45) is 3.53. The van der Waals surface area contributed by atoms with Gasteiger partial charge in [-0.1, -0.05) is 26.0 Å². The topological polar surface area (TPSA) is 67.4 Å². The molecule has 0 spiro atoms. The molecule has 0 unspecified atom stereocenters. The number of nitrogens with one attached hydrogen (secondary N) is 2. The van der Waals surface area contributed by atoms with Crippen molar-refractivity contribution >= 4 is 17.5 Å². The van der Waals surface area contributed by atoms with Gasteiger partial charge >= 0.3 is 0 Å². The first kappa shape index (κ1) is 16.8. The summed E-state index contributed by atoms with van der Waals surface area (Å²) in [7, 11) is 0. The first-order valence-electron chi connectivity index (χ1n) is 7.02. The Morgan fingerprint density at radius 3 is 2.76 bits per heavy atom. The van der Waals surface area contributed by atoms with Crippen LogP contribution in [-0.2, 0) is 4.79 Å². The van der Waals surface area contributed by atoms with Crippen LogP contribution in [0.5, 0.6) is 5.75 Å². The third-order valence-corrected chi connectivity index (χ3v) is 2.72. The van der Waals surface area contributed by atoms with Crippen LogP contribution in [0.4, 0.5) is 5.69 Å². The molecule has 0 saturated heterocycles. The summed E-state index contributed by atoms with van der Waals surface area (Å²) in [6.45, 7) is 7.99. The molecule has 0 aromatic heterocycles. The molecule has 1 rings (SSSR count). The zero-order chi connectivity index (χ0) is 15.7. The first-order valence-corrected chi connectivity index (χ1v) is 7.02. The van der Waals surface area contributed by atoms with Gasteiger partial charge in [0, 0.05) is 19.2 Å². The van der Waals surface area contributed by atoms with Crippen LogP contribution in [0.1, 0.15) is 37.0 Å². The molecule has 0 fully saturated rings. The smallest absolute Gasteiger partial charge is 0.255 e. The van der Waals surface area contributed by atoms with E-state index in [0.717, 1.165) is 12.8 Å². The average molecular weight is 290 g/mol. The highest BCUT2D eigenvalue weighted by Crippen LogP contribution is 2.23. The number of anilines is 1. The van der Waals surface area contributed by atoms with Crippen LogP contribution in [0.3, 0.4) is 0 Å². The van der Waals surface area contributed by atoms with Gasteiger partial charge in [0.1, 0.15) is 12.4 Å². The molecule has 2 N–H and O–H groups in total. The van der Waals surface area contributed by atoms with Crippen LogP contribution in [0.2, 0.25) is 0 Å². The third kappa shape index (κ3) is 5.69. The second-order valence-electron chi connectivity index (χ2n) is 4.60. The van der Waals surface area contributed by atoms with Crippen LogP contribution in [-0.4, -0.2) is 25.0 Å². The molecule has 1 aromatic carbocycles. The molecule has 5 nitrogen and oxygen atoms in total. The zero-order valence-electron chi connectivity index (χ0n) is 12.6. The summed E-state index contributed by atoms with van der Waals surface area (Å²) in [4.78, 5) is 23.3. The van der Waals surface area contributed by atoms with Gasteiger partial charge in [-0.15, -0.1) is 0 Å². The van der Waals surface area contributed by atoms with E-state index < -0.39 is 0 Å². The number of carbonyl (C=O) groups is 2. The molecule has 0 radical (unpaired) electrons. The van der Waals surface area contributed by atoms with Crippen molar-refractivity contribution in [3.05, 3.63) is 36.4 Å². The normalized spacial score (nSPS) is 9.81. The lowest BCUT2D eigenvalue weighted by Gasteiger charge is -2.12. The summed E-state index contributed by atoms with van der Waals surface area (Å²) in [6, 6.07) is 4.98. The van der Waals surface area contributed by atoms with Crippen molar-refractivity contribution in [3.8, 4) is 5.75 Å². The largest absolute Gasteiger partial charge is 0.489 e. The highest BCUT2D eigenvalue weighted by molar-refractivity contribution is 5.99. The van der Waals surface area contributed by atoms with Crippen LogP contribution < -0.4 is 15.4 Å². The van der Waals surface area contributed by atoms with E-state index in [4.69, 9.17) is 4.74 Å². The second kappa shape index (κ2) is 8.79.